The second-order valence-corrected chi connectivity index (χ2v) is 7.84. The molecule has 0 aromatic heterocycles. The summed E-state index contributed by atoms with van der Waals surface area (Å²) in [6, 6.07) is 9.35. The SMILES string of the molecule is COc1cc(C=C(C#N)C(=O)Nc2cc3c(cc2[N+](=O)[O-])OCCO3)ccc1OCCC(C)C. The van der Waals surface area contributed by atoms with E-state index in [1.54, 1.807) is 18.2 Å². The van der Waals surface area contributed by atoms with Crippen LogP contribution in [0.4, 0.5) is 11.4 Å². The molecule has 2 aromatic carbocycles. The fraction of sp³-hybridized carbons (Fsp3) is 0.333. The maximum atomic E-state index is 12.8. The van der Waals surface area contributed by atoms with E-state index in [1.807, 2.05) is 6.07 Å². The Hall–Kier alpha value is -4.26. The number of ether oxygens (including phenoxy) is 4. The first kappa shape index (κ1) is 24.4. The van der Waals surface area contributed by atoms with Gasteiger partial charge < -0.3 is 24.3 Å². The second-order valence-electron chi connectivity index (χ2n) is 7.84. The van der Waals surface area contributed by atoms with Crippen LogP contribution in [0.2, 0.25) is 0 Å². The van der Waals surface area contributed by atoms with Crippen LogP contribution >= 0.6 is 0 Å². The first-order chi connectivity index (χ1) is 16.3. The van der Waals surface area contributed by atoms with E-state index in [0.717, 1.165) is 6.42 Å². The van der Waals surface area contributed by atoms with E-state index in [9.17, 15) is 20.2 Å². The molecular formula is C24H25N3O7. The maximum Gasteiger partial charge on any atom is 0.296 e. The van der Waals surface area contributed by atoms with Gasteiger partial charge >= 0.3 is 0 Å². The Morgan fingerprint density at radius 3 is 2.56 bits per heavy atom. The summed E-state index contributed by atoms with van der Waals surface area (Å²) in [6.45, 7) is 5.28. The zero-order valence-corrected chi connectivity index (χ0v) is 19.1. The number of methoxy groups -OCH3 is 1. The third-order valence-corrected chi connectivity index (χ3v) is 4.92. The van der Waals surface area contributed by atoms with Gasteiger partial charge in [-0.05, 0) is 36.1 Å². The van der Waals surface area contributed by atoms with E-state index in [0.29, 0.717) is 29.6 Å². The summed E-state index contributed by atoms with van der Waals surface area (Å²) in [7, 11) is 1.50. The van der Waals surface area contributed by atoms with Gasteiger partial charge in [-0.2, -0.15) is 5.26 Å². The lowest BCUT2D eigenvalue weighted by Gasteiger charge is -2.19. The zero-order chi connectivity index (χ0) is 24.7. The lowest BCUT2D eigenvalue weighted by molar-refractivity contribution is -0.384. The van der Waals surface area contributed by atoms with Gasteiger partial charge in [0.1, 0.15) is 30.5 Å². The van der Waals surface area contributed by atoms with Crippen LogP contribution in [0, 0.1) is 27.4 Å². The summed E-state index contributed by atoms with van der Waals surface area (Å²) in [5, 5.41) is 23.5. The predicted molar refractivity (Wildman–Crippen MR) is 124 cm³/mol. The number of fused-ring (bicyclic) bond motifs is 1. The van der Waals surface area contributed by atoms with E-state index in [2.05, 4.69) is 19.2 Å². The molecule has 0 radical (unpaired) electrons. The van der Waals surface area contributed by atoms with Crippen molar-refractivity contribution >= 4 is 23.4 Å². The minimum atomic E-state index is -0.807. The Kier molecular flexibility index (Phi) is 7.92. The summed E-state index contributed by atoms with van der Waals surface area (Å²) in [5.41, 5.74) is -0.206. The third kappa shape index (κ3) is 5.95. The fourth-order valence-corrected chi connectivity index (χ4v) is 3.13. The van der Waals surface area contributed by atoms with Crippen LogP contribution in [0.1, 0.15) is 25.8 Å². The van der Waals surface area contributed by atoms with Gasteiger partial charge in [0, 0.05) is 6.07 Å². The highest BCUT2D eigenvalue weighted by Gasteiger charge is 2.24. The molecule has 1 N–H and O–H groups in total. The third-order valence-electron chi connectivity index (χ3n) is 4.92. The van der Waals surface area contributed by atoms with Crippen molar-refractivity contribution in [3.8, 4) is 29.1 Å². The van der Waals surface area contributed by atoms with Gasteiger partial charge in [0.05, 0.1) is 24.7 Å². The standard InChI is InChI=1S/C24H25N3O7/c1-15(2)6-7-32-20-5-4-16(11-21(20)31-3)10-17(14-25)24(28)26-18-12-22-23(34-9-8-33-22)13-19(18)27(29)30/h4-5,10-13,15H,6-9H2,1-3H3,(H,26,28). The molecule has 0 fully saturated rings. The number of hydrogen-bond acceptors (Lipinski definition) is 8. The van der Waals surface area contributed by atoms with Gasteiger partial charge in [-0.25, -0.2) is 0 Å². The number of nitrogens with zero attached hydrogens (tertiary/aromatic N) is 2. The Morgan fingerprint density at radius 1 is 1.24 bits per heavy atom. The molecule has 1 aliphatic heterocycles. The number of nitriles is 1. The first-order valence-corrected chi connectivity index (χ1v) is 10.6. The van der Waals surface area contributed by atoms with Gasteiger partial charge in [-0.15, -0.1) is 0 Å². The lowest BCUT2D eigenvalue weighted by Crippen LogP contribution is -2.18. The van der Waals surface area contributed by atoms with E-state index in [1.165, 1.54) is 25.3 Å². The molecule has 10 heteroatoms. The molecule has 1 amide bonds. The van der Waals surface area contributed by atoms with E-state index in [4.69, 9.17) is 18.9 Å². The van der Waals surface area contributed by atoms with Crippen molar-refractivity contribution in [2.75, 3.05) is 32.2 Å². The van der Waals surface area contributed by atoms with Crippen molar-refractivity contribution in [3.05, 3.63) is 51.6 Å². The van der Waals surface area contributed by atoms with Crippen molar-refractivity contribution in [2.24, 2.45) is 5.92 Å². The predicted octanol–water partition coefficient (Wildman–Crippen LogP) is 4.35. The number of hydrogen-bond donors (Lipinski definition) is 1. The average Bonchev–Trinajstić information content (AvgIpc) is 2.82. The van der Waals surface area contributed by atoms with Crippen molar-refractivity contribution in [3.63, 3.8) is 0 Å². The molecule has 178 valence electrons. The van der Waals surface area contributed by atoms with Crippen LogP contribution in [-0.2, 0) is 4.79 Å². The topological polar surface area (TPSA) is 133 Å². The molecule has 0 unspecified atom stereocenters. The summed E-state index contributed by atoms with van der Waals surface area (Å²) in [4.78, 5) is 23.6. The van der Waals surface area contributed by atoms with Gasteiger partial charge in [-0.3, -0.25) is 14.9 Å². The Morgan fingerprint density at radius 2 is 1.94 bits per heavy atom. The summed E-state index contributed by atoms with van der Waals surface area (Å²) >= 11 is 0. The molecule has 0 aliphatic carbocycles. The van der Waals surface area contributed by atoms with Crippen molar-refractivity contribution < 1.29 is 28.7 Å². The molecule has 0 saturated carbocycles. The van der Waals surface area contributed by atoms with Crippen molar-refractivity contribution in [1.82, 2.24) is 0 Å². The average molecular weight is 467 g/mol. The highest BCUT2D eigenvalue weighted by molar-refractivity contribution is 6.10. The minimum Gasteiger partial charge on any atom is -0.493 e. The monoisotopic (exact) mass is 467 g/mol. The second kappa shape index (κ2) is 11.0. The Balaban J connectivity index is 1.83. The van der Waals surface area contributed by atoms with Crippen LogP contribution in [0.5, 0.6) is 23.0 Å². The van der Waals surface area contributed by atoms with Gasteiger partial charge in [-0.1, -0.05) is 19.9 Å². The number of carbonyl (C=O) groups excluding carboxylic acids is 1. The molecule has 0 saturated heterocycles. The number of nitrogens with one attached hydrogen (secondary N) is 1. The smallest absolute Gasteiger partial charge is 0.296 e. The van der Waals surface area contributed by atoms with Crippen LogP contribution in [0.15, 0.2) is 35.9 Å². The number of carbonyl (C=O) groups is 1. The lowest BCUT2D eigenvalue weighted by atomic mass is 10.1. The van der Waals surface area contributed by atoms with Crippen LogP contribution in [0.3, 0.4) is 0 Å². The van der Waals surface area contributed by atoms with Gasteiger partial charge in [0.25, 0.3) is 11.6 Å². The molecule has 34 heavy (non-hydrogen) atoms. The quantitative estimate of drug-likeness (QED) is 0.249. The summed E-state index contributed by atoms with van der Waals surface area (Å²) < 4.78 is 21.9. The van der Waals surface area contributed by atoms with E-state index < -0.39 is 10.8 Å². The molecule has 0 bridgehead atoms. The molecule has 0 atom stereocenters. The molecule has 10 nitrogen and oxygen atoms in total. The Bertz CT molecular complexity index is 1150. The largest absolute Gasteiger partial charge is 0.493 e. The normalized spacial score (nSPS) is 12.6. The summed E-state index contributed by atoms with van der Waals surface area (Å²) in [6.07, 6.45) is 2.25. The van der Waals surface area contributed by atoms with Crippen LogP contribution in [-0.4, -0.2) is 37.8 Å². The number of benzene rings is 2. The molecule has 1 heterocycles. The highest BCUT2D eigenvalue weighted by Crippen LogP contribution is 2.39. The molecule has 2 aromatic rings. The zero-order valence-electron chi connectivity index (χ0n) is 19.1. The minimum absolute atomic E-state index is 0.105. The summed E-state index contributed by atoms with van der Waals surface area (Å²) in [5.74, 6) is 1.18. The molecular weight excluding hydrogens is 442 g/mol. The highest BCUT2D eigenvalue weighted by atomic mass is 16.6. The van der Waals surface area contributed by atoms with Gasteiger partial charge in [0.15, 0.2) is 23.0 Å². The number of anilines is 1. The number of nitro groups is 1. The fourth-order valence-electron chi connectivity index (χ4n) is 3.13. The number of nitro benzene ring substituents is 1. The molecule has 0 spiro atoms. The van der Waals surface area contributed by atoms with E-state index >= 15 is 0 Å². The number of rotatable bonds is 9. The number of amides is 1. The van der Waals surface area contributed by atoms with Crippen molar-refractivity contribution in [2.45, 2.75) is 20.3 Å². The van der Waals surface area contributed by atoms with Crippen LogP contribution < -0.4 is 24.3 Å². The Labute approximate surface area is 196 Å². The van der Waals surface area contributed by atoms with Crippen LogP contribution in [0.25, 0.3) is 6.08 Å². The maximum absolute atomic E-state index is 12.8. The van der Waals surface area contributed by atoms with Crippen molar-refractivity contribution in [1.29, 1.82) is 5.26 Å². The first-order valence-electron chi connectivity index (χ1n) is 10.6. The van der Waals surface area contributed by atoms with E-state index in [-0.39, 0.29) is 41.7 Å². The molecule has 1 aliphatic rings. The molecule has 3 rings (SSSR count). The van der Waals surface area contributed by atoms with Gasteiger partial charge in [0.2, 0.25) is 0 Å².